The molecular formula is C26H47N3. The van der Waals surface area contributed by atoms with Gasteiger partial charge >= 0.3 is 0 Å². The van der Waals surface area contributed by atoms with E-state index in [1.165, 1.54) is 70.6 Å². The fourth-order valence-electron chi connectivity index (χ4n) is 7.52. The van der Waals surface area contributed by atoms with Gasteiger partial charge in [0, 0.05) is 36.3 Å². The highest BCUT2D eigenvalue weighted by Gasteiger charge is 2.41. The molecule has 7 atom stereocenters. The van der Waals surface area contributed by atoms with E-state index in [4.69, 9.17) is 0 Å². The second-order valence-electron chi connectivity index (χ2n) is 11.2. The van der Waals surface area contributed by atoms with Crippen LogP contribution in [0.15, 0.2) is 12.2 Å². The molecule has 166 valence electrons. The molecule has 3 nitrogen and oxygen atoms in total. The molecule has 29 heavy (non-hydrogen) atoms. The van der Waals surface area contributed by atoms with E-state index in [2.05, 4.69) is 61.8 Å². The maximum atomic E-state index is 2.90. The number of rotatable bonds is 4. The van der Waals surface area contributed by atoms with Gasteiger partial charge in [-0.25, -0.2) is 0 Å². The summed E-state index contributed by atoms with van der Waals surface area (Å²) in [5.74, 6) is 1.67. The van der Waals surface area contributed by atoms with Gasteiger partial charge < -0.3 is 4.90 Å². The first-order valence-corrected chi connectivity index (χ1v) is 12.8. The standard InChI is InChI=1S/C26H47N3/c1-19-17-21(20(2)29(19)24-9-7-6-8-10-24)11-13-23-14-12-22-18-25(27(3)4)15-16-26(22)28(23)5/h11,13,19-26H,6-10,12,14-18H2,1-5H3. The molecule has 4 fully saturated rings. The molecule has 0 aromatic carbocycles. The van der Waals surface area contributed by atoms with Crippen molar-refractivity contribution in [1.82, 2.24) is 14.7 Å². The highest BCUT2D eigenvalue weighted by atomic mass is 15.2. The Morgan fingerprint density at radius 2 is 1.59 bits per heavy atom. The van der Waals surface area contributed by atoms with Crippen LogP contribution in [-0.4, -0.2) is 72.1 Å². The van der Waals surface area contributed by atoms with Crippen LogP contribution in [0.4, 0.5) is 0 Å². The summed E-state index contributed by atoms with van der Waals surface area (Å²) >= 11 is 0. The average Bonchev–Trinajstić information content (AvgIpc) is 3.01. The van der Waals surface area contributed by atoms with E-state index in [1.54, 1.807) is 0 Å². The van der Waals surface area contributed by atoms with Crippen LogP contribution in [0.2, 0.25) is 0 Å². The van der Waals surface area contributed by atoms with Gasteiger partial charge in [0.1, 0.15) is 0 Å². The lowest BCUT2D eigenvalue weighted by atomic mass is 9.74. The summed E-state index contributed by atoms with van der Waals surface area (Å²) in [5.41, 5.74) is 0. The molecular weight excluding hydrogens is 354 g/mol. The van der Waals surface area contributed by atoms with Crippen LogP contribution in [0.1, 0.15) is 84.5 Å². The summed E-state index contributed by atoms with van der Waals surface area (Å²) in [7, 11) is 6.95. The maximum absolute atomic E-state index is 2.90. The van der Waals surface area contributed by atoms with Gasteiger partial charge in [-0.2, -0.15) is 0 Å². The molecule has 3 heteroatoms. The molecule has 2 saturated heterocycles. The Labute approximate surface area is 180 Å². The molecule has 4 aliphatic rings. The number of fused-ring (bicyclic) bond motifs is 1. The second kappa shape index (κ2) is 9.40. The van der Waals surface area contributed by atoms with Gasteiger partial charge in [0.15, 0.2) is 0 Å². The summed E-state index contributed by atoms with van der Waals surface area (Å²) in [5, 5.41) is 0. The molecule has 2 saturated carbocycles. The van der Waals surface area contributed by atoms with Crippen LogP contribution in [-0.2, 0) is 0 Å². The van der Waals surface area contributed by atoms with Crippen molar-refractivity contribution in [2.24, 2.45) is 11.8 Å². The predicted octanol–water partition coefficient (Wildman–Crippen LogP) is 5.17. The fourth-order valence-corrected chi connectivity index (χ4v) is 7.52. The average molecular weight is 402 g/mol. The van der Waals surface area contributed by atoms with Crippen LogP contribution in [0, 0.1) is 11.8 Å². The third-order valence-electron chi connectivity index (χ3n) is 9.31. The number of hydrogen-bond donors (Lipinski definition) is 0. The van der Waals surface area contributed by atoms with Gasteiger partial charge in [0.2, 0.25) is 0 Å². The smallest absolute Gasteiger partial charge is 0.0278 e. The minimum absolute atomic E-state index is 0.665. The highest BCUT2D eigenvalue weighted by molar-refractivity contribution is 5.08. The lowest BCUT2D eigenvalue weighted by Crippen LogP contribution is -2.52. The van der Waals surface area contributed by atoms with Crippen LogP contribution in [0.5, 0.6) is 0 Å². The first-order chi connectivity index (χ1) is 14.0. The molecule has 2 aliphatic heterocycles. The minimum Gasteiger partial charge on any atom is -0.306 e. The van der Waals surface area contributed by atoms with Gasteiger partial charge in [-0.3, -0.25) is 9.80 Å². The molecule has 0 aromatic heterocycles. The van der Waals surface area contributed by atoms with E-state index in [0.29, 0.717) is 6.04 Å². The lowest BCUT2D eigenvalue weighted by molar-refractivity contribution is 0.0278. The zero-order chi connectivity index (χ0) is 20.5. The third kappa shape index (κ3) is 4.62. The molecule has 7 unspecified atom stereocenters. The fraction of sp³-hybridized carbons (Fsp3) is 0.923. The number of likely N-dealkylation sites (tertiary alicyclic amines) is 2. The SMILES string of the molecule is CC1CC(C=CC2CCC3CC(N(C)C)CCC3N2C)C(C)N1C1CCCCC1. The Bertz CT molecular complexity index is 552. The van der Waals surface area contributed by atoms with E-state index in [-0.39, 0.29) is 0 Å². The van der Waals surface area contributed by atoms with Gasteiger partial charge in [0.05, 0.1) is 0 Å². The predicted molar refractivity (Wildman–Crippen MR) is 124 cm³/mol. The Morgan fingerprint density at radius 1 is 0.828 bits per heavy atom. The molecule has 2 aliphatic carbocycles. The molecule has 2 heterocycles. The Balaban J connectivity index is 1.35. The van der Waals surface area contributed by atoms with E-state index < -0.39 is 0 Å². The van der Waals surface area contributed by atoms with Crippen molar-refractivity contribution in [3.63, 3.8) is 0 Å². The molecule has 0 bridgehead atoms. The maximum Gasteiger partial charge on any atom is 0.0278 e. The second-order valence-corrected chi connectivity index (χ2v) is 11.2. The van der Waals surface area contributed by atoms with Crippen molar-refractivity contribution in [2.45, 2.75) is 121 Å². The molecule has 4 rings (SSSR count). The van der Waals surface area contributed by atoms with Gasteiger partial charge in [-0.05, 0) is 98.2 Å². The highest BCUT2D eigenvalue weighted by Crippen LogP contribution is 2.40. The van der Waals surface area contributed by atoms with Crippen LogP contribution >= 0.6 is 0 Å². The van der Waals surface area contributed by atoms with Crippen LogP contribution < -0.4 is 0 Å². The summed E-state index contributed by atoms with van der Waals surface area (Å²) < 4.78 is 0. The lowest BCUT2D eigenvalue weighted by Gasteiger charge is -2.49. The van der Waals surface area contributed by atoms with Crippen molar-refractivity contribution < 1.29 is 0 Å². The summed E-state index contributed by atoms with van der Waals surface area (Å²) in [6.07, 6.45) is 20.8. The number of hydrogen-bond acceptors (Lipinski definition) is 3. The first-order valence-electron chi connectivity index (χ1n) is 12.8. The Morgan fingerprint density at radius 3 is 2.31 bits per heavy atom. The van der Waals surface area contributed by atoms with Crippen molar-refractivity contribution >= 4 is 0 Å². The van der Waals surface area contributed by atoms with E-state index >= 15 is 0 Å². The number of nitrogens with zero attached hydrogens (tertiary/aromatic N) is 3. The zero-order valence-corrected chi connectivity index (χ0v) is 19.9. The monoisotopic (exact) mass is 401 g/mol. The zero-order valence-electron chi connectivity index (χ0n) is 19.9. The van der Waals surface area contributed by atoms with E-state index in [1.807, 2.05) is 0 Å². The molecule has 0 aromatic rings. The van der Waals surface area contributed by atoms with Gasteiger partial charge in [-0.15, -0.1) is 0 Å². The van der Waals surface area contributed by atoms with Gasteiger partial charge in [-0.1, -0.05) is 31.4 Å². The largest absolute Gasteiger partial charge is 0.306 e. The van der Waals surface area contributed by atoms with Crippen LogP contribution in [0.3, 0.4) is 0 Å². The van der Waals surface area contributed by atoms with Gasteiger partial charge in [0.25, 0.3) is 0 Å². The summed E-state index contributed by atoms with van der Waals surface area (Å²) in [4.78, 5) is 8.11. The quantitative estimate of drug-likeness (QED) is 0.602. The van der Waals surface area contributed by atoms with Crippen molar-refractivity contribution in [1.29, 1.82) is 0 Å². The van der Waals surface area contributed by atoms with Crippen molar-refractivity contribution in [2.75, 3.05) is 21.1 Å². The van der Waals surface area contributed by atoms with Crippen molar-refractivity contribution in [3.05, 3.63) is 12.2 Å². The topological polar surface area (TPSA) is 9.72 Å². The number of likely N-dealkylation sites (N-methyl/N-ethyl adjacent to an activating group) is 1. The van der Waals surface area contributed by atoms with Crippen molar-refractivity contribution in [3.8, 4) is 0 Å². The molecule has 0 amide bonds. The Hall–Kier alpha value is -0.380. The summed E-state index contributed by atoms with van der Waals surface area (Å²) in [6.45, 7) is 5.00. The third-order valence-corrected chi connectivity index (χ3v) is 9.31. The molecule has 0 radical (unpaired) electrons. The summed E-state index contributed by atoms with van der Waals surface area (Å²) in [6, 6.07) is 4.63. The minimum atomic E-state index is 0.665. The Kier molecular flexibility index (Phi) is 7.08. The van der Waals surface area contributed by atoms with E-state index in [0.717, 1.165) is 42.0 Å². The normalized spacial score (nSPS) is 43.3. The number of piperidine rings is 1. The molecule has 0 spiro atoms. The van der Waals surface area contributed by atoms with Crippen LogP contribution in [0.25, 0.3) is 0 Å². The first kappa shape index (κ1) is 21.8. The van der Waals surface area contributed by atoms with E-state index in [9.17, 15) is 0 Å². The molecule has 0 N–H and O–H groups in total.